The molecule has 2 rings (SSSR count). The Balaban J connectivity index is 2.45. The molecule has 1 aromatic rings. The molecular formula is C10H8O. The van der Waals surface area contributed by atoms with Crippen molar-refractivity contribution in [2.45, 2.75) is 6.42 Å². The van der Waals surface area contributed by atoms with Crippen molar-refractivity contribution < 1.29 is 4.74 Å². The van der Waals surface area contributed by atoms with E-state index in [1.165, 1.54) is 0 Å². The first-order valence-corrected chi connectivity index (χ1v) is 3.62. The van der Waals surface area contributed by atoms with Crippen molar-refractivity contribution in [3.8, 4) is 5.75 Å². The molecule has 0 unspecified atom stereocenters. The van der Waals surface area contributed by atoms with Crippen LogP contribution in [0.4, 0.5) is 0 Å². The van der Waals surface area contributed by atoms with Crippen molar-refractivity contribution in [2.75, 3.05) is 0 Å². The summed E-state index contributed by atoms with van der Waals surface area (Å²) < 4.78 is 5.24. The molecule has 1 aliphatic rings. The Morgan fingerprint density at radius 1 is 1.27 bits per heavy atom. The standard InChI is InChI=1S/C10H8O/c1-2-7-10-9(5-1)6-3-4-8-11-10/h1-3,5-7H,4H2. The Kier molecular flexibility index (Phi) is 1.64. The average Bonchev–Trinajstić information content (AvgIpc) is 2.28. The topological polar surface area (TPSA) is 9.23 Å². The zero-order valence-electron chi connectivity index (χ0n) is 6.08. The lowest BCUT2D eigenvalue weighted by Crippen LogP contribution is -1.87. The van der Waals surface area contributed by atoms with Crippen LogP contribution < -0.4 is 4.74 Å². The van der Waals surface area contributed by atoms with Crippen molar-refractivity contribution in [1.29, 1.82) is 0 Å². The van der Waals surface area contributed by atoms with Gasteiger partial charge in [0.25, 0.3) is 0 Å². The normalized spacial score (nSPS) is 14.9. The molecule has 0 aromatic heterocycles. The van der Waals surface area contributed by atoms with Gasteiger partial charge in [0.15, 0.2) is 6.61 Å². The highest BCUT2D eigenvalue weighted by molar-refractivity contribution is 5.58. The number of rotatable bonds is 0. The molecule has 1 nitrogen and oxygen atoms in total. The van der Waals surface area contributed by atoms with Gasteiger partial charge in [-0.2, -0.15) is 0 Å². The molecule has 1 heteroatoms. The molecule has 1 aromatic carbocycles. The first-order valence-electron chi connectivity index (χ1n) is 3.62. The zero-order valence-corrected chi connectivity index (χ0v) is 6.08. The number of hydrogen-bond acceptors (Lipinski definition) is 1. The van der Waals surface area contributed by atoms with E-state index in [1.807, 2.05) is 30.3 Å². The van der Waals surface area contributed by atoms with Gasteiger partial charge in [-0.15, -0.1) is 0 Å². The first kappa shape index (κ1) is 6.47. The van der Waals surface area contributed by atoms with Crippen LogP contribution in [-0.4, -0.2) is 0 Å². The predicted octanol–water partition coefficient (Wildman–Crippen LogP) is 2.52. The molecule has 2 radical (unpaired) electrons. The van der Waals surface area contributed by atoms with E-state index in [9.17, 15) is 0 Å². The monoisotopic (exact) mass is 144 g/mol. The van der Waals surface area contributed by atoms with E-state index >= 15 is 0 Å². The Labute approximate surface area is 66.3 Å². The fraction of sp³-hybridized carbons (Fsp3) is 0.100. The molecule has 11 heavy (non-hydrogen) atoms. The van der Waals surface area contributed by atoms with E-state index < -0.39 is 0 Å². The highest BCUT2D eigenvalue weighted by Crippen LogP contribution is 2.22. The Hall–Kier alpha value is -1.24. The van der Waals surface area contributed by atoms with Gasteiger partial charge in [-0.1, -0.05) is 30.4 Å². The van der Waals surface area contributed by atoms with Gasteiger partial charge in [0, 0.05) is 12.0 Å². The van der Waals surface area contributed by atoms with Crippen molar-refractivity contribution in [1.82, 2.24) is 0 Å². The number of benzene rings is 1. The van der Waals surface area contributed by atoms with E-state index in [1.54, 1.807) is 0 Å². The van der Waals surface area contributed by atoms with Crippen molar-refractivity contribution in [3.63, 3.8) is 0 Å². The summed E-state index contributed by atoms with van der Waals surface area (Å²) in [5.41, 5.74) is 1.12. The number of hydrogen-bond donors (Lipinski definition) is 0. The van der Waals surface area contributed by atoms with Crippen LogP contribution >= 0.6 is 0 Å². The predicted molar refractivity (Wildman–Crippen MR) is 44.0 cm³/mol. The third-order valence-electron chi connectivity index (χ3n) is 1.60. The molecule has 1 aliphatic heterocycles. The molecular weight excluding hydrogens is 136 g/mol. The van der Waals surface area contributed by atoms with Gasteiger partial charge in [-0.3, -0.25) is 0 Å². The highest BCUT2D eigenvalue weighted by Gasteiger charge is 2.02. The van der Waals surface area contributed by atoms with Crippen LogP contribution in [0.1, 0.15) is 12.0 Å². The third kappa shape index (κ3) is 1.27. The van der Waals surface area contributed by atoms with Gasteiger partial charge >= 0.3 is 0 Å². The van der Waals surface area contributed by atoms with Crippen LogP contribution in [0.3, 0.4) is 0 Å². The van der Waals surface area contributed by atoms with Crippen LogP contribution in [0.15, 0.2) is 30.3 Å². The summed E-state index contributed by atoms with van der Waals surface area (Å²) in [5.74, 6) is 0.890. The van der Waals surface area contributed by atoms with Gasteiger partial charge < -0.3 is 4.74 Å². The van der Waals surface area contributed by atoms with Crippen LogP contribution in [0.2, 0.25) is 0 Å². The van der Waals surface area contributed by atoms with Gasteiger partial charge in [-0.05, 0) is 6.07 Å². The number of ether oxygens (including phenoxy) is 1. The average molecular weight is 144 g/mol. The Morgan fingerprint density at radius 3 is 3.18 bits per heavy atom. The second-order valence-electron chi connectivity index (χ2n) is 2.39. The van der Waals surface area contributed by atoms with E-state index in [-0.39, 0.29) is 0 Å². The first-order chi connectivity index (χ1) is 5.47. The maximum atomic E-state index is 5.24. The zero-order chi connectivity index (χ0) is 7.52. The number of fused-ring (bicyclic) bond motifs is 1. The van der Waals surface area contributed by atoms with Gasteiger partial charge in [-0.25, -0.2) is 0 Å². The molecule has 1 heterocycles. The van der Waals surface area contributed by atoms with Crippen LogP contribution in [-0.2, 0) is 0 Å². The minimum absolute atomic E-state index is 0.759. The van der Waals surface area contributed by atoms with Crippen molar-refractivity contribution in [2.24, 2.45) is 0 Å². The molecule has 0 fully saturated rings. The summed E-state index contributed by atoms with van der Waals surface area (Å²) in [7, 11) is 0. The molecule has 0 amide bonds. The molecule has 0 atom stereocenters. The van der Waals surface area contributed by atoms with E-state index in [0.717, 1.165) is 17.7 Å². The Bertz CT molecular complexity index is 276. The van der Waals surface area contributed by atoms with Gasteiger partial charge in [0.1, 0.15) is 5.75 Å². The summed E-state index contributed by atoms with van der Waals surface area (Å²) in [5, 5.41) is 0. The third-order valence-corrected chi connectivity index (χ3v) is 1.60. The minimum atomic E-state index is 0.759. The largest absolute Gasteiger partial charge is 0.478 e. The molecule has 0 bridgehead atoms. The lowest BCUT2D eigenvalue weighted by molar-refractivity contribution is 0.405. The highest BCUT2D eigenvalue weighted by atomic mass is 16.5. The van der Waals surface area contributed by atoms with Crippen LogP contribution in [0.5, 0.6) is 5.75 Å². The SMILES string of the molecule is [C]1CC=Cc2ccccc2O1. The smallest absolute Gasteiger partial charge is 0.200 e. The fourth-order valence-corrected chi connectivity index (χ4v) is 1.06. The Morgan fingerprint density at radius 2 is 2.18 bits per heavy atom. The maximum absolute atomic E-state index is 5.24. The second-order valence-corrected chi connectivity index (χ2v) is 2.39. The lowest BCUT2D eigenvalue weighted by atomic mass is 10.2. The molecule has 0 saturated carbocycles. The summed E-state index contributed by atoms with van der Waals surface area (Å²) in [4.78, 5) is 0. The molecule has 0 aliphatic carbocycles. The van der Waals surface area contributed by atoms with Crippen molar-refractivity contribution >= 4 is 6.08 Å². The molecule has 54 valence electrons. The molecule has 0 N–H and O–H groups in total. The second kappa shape index (κ2) is 2.79. The summed E-state index contributed by atoms with van der Waals surface area (Å²) in [6.45, 7) is 2.82. The van der Waals surface area contributed by atoms with E-state index in [0.29, 0.717) is 0 Å². The van der Waals surface area contributed by atoms with Crippen LogP contribution in [0.25, 0.3) is 6.08 Å². The summed E-state index contributed by atoms with van der Waals surface area (Å²) >= 11 is 0. The maximum Gasteiger partial charge on any atom is 0.200 e. The van der Waals surface area contributed by atoms with Gasteiger partial charge in [0.2, 0.25) is 0 Å². The molecule has 0 spiro atoms. The van der Waals surface area contributed by atoms with E-state index in [2.05, 4.69) is 12.7 Å². The molecule has 0 saturated heterocycles. The summed E-state index contributed by atoms with van der Waals surface area (Å²) in [6, 6.07) is 7.92. The van der Waals surface area contributed by atoms with E-state index in [4.69, 9.17) is 4.74 Å². The quantitative estimate of drug-likeness (QED) is 0.543. The van der Waals surface area contributed by atoms with Crippen LogP contribution in [0, 0.1) is 6.61 Å². The minimum Gasteiger partial charge on any atom is -0.478 e. The van der Waals surface area contributed by atoms with Crippen molar-refractivity contribution in [3.05, 3.63) is 42.5 Å². The lowest BCUT2D eigenvalue weighted by Gasteiger charge is -2.02. The summed E-state index contributed by atoms with van der Waals surface area (Å²) in [6.07, 6.45) is 4.84. The fourth-order valence-electron chi connectivity index (χ4n) is 1.06. The number of para-hydroxylation sites is 1. The van der Waals surface area contributed by atoms with Gasteiger partial charge in [0.05, 0.1) is 0 Å².